The third-order valence-corrected chi connectivity index (χ3v) is 7.69. The average molecular weight is 509 g/mol. The highest BCUT2D eigenvalue weighted by atomic mass is 16.2. The van der Waals surface area contributed by atoms with Gasteiger partial charge in [0, 0.05) is 58.1 Å². The molecule has 2 aromatic rings. The quantitative estimate of drug-likeness (QED) is 0.501. The number of rotatable bonds is 6. The van der Waals surface area contributed by atoms with E-state index in [1.807, 2.05) is 18.2 Å². The van der Waals surface area contributed by atoms with Crippen molar-refractivity contribution in [1.82, 2.24) is 24.3 Å². The fourth-order valence-electron chi connectivity index (χ4n) is 5.37. The third-order valence-electron chi connectivity index (χ3n) is 7.69. The highest BCUT2D eigenvalue weighted by molar-refractivity contribution is 5.89. The van der Waals surface area contributed by atoms with E-state index < -0.39 is 11.2 Å². The number of hydrogen-bond acceptors (Lipinski definition) is 7. The summed E-state index contributed by atoms with van der Waals surface area (Å²) in [5.41, 5.74) is 12.4. The van der Waals surface area contributed by atoms with Crippen LogP contribution in [0.2, 0.25) is 0 Å². The SMILES string of the molecule is CC(C)(N)C(=O)N1CCN(C(=O)Nc2ccn(-c3cccc(CCN4C[C@@H]5C(N)[C@@H]5C4)c3)c(=O)n2)CC1. The van der Waals surface area contributed by atoms with E-state index in [2.05, 4.69) is 21.3 Å². The molecule has 37 heavy (non-hydrogen) atoms. The summed E-state index contributed by atoms with van der Waals surface area (Å²) in [7, 11) is 0. The average Bonchev–Trinajstić information content (AvgIpc) is 3.25. The molecule has 198 valence electrons. The maximum Gasteiger partial charge on any atom is 0.354 e. The summed E-state index contributed by atoms with van der Waals surface area (Å²) in [5, 5.41) is 2.70. The first-order valence-electron chi connectivity index (χ1n) is 12.9. The van der Waals surface area contributed by atoms with Gasteiger partial charge in [-0.1, -0.05) is 12.1 Å². The van der Waals surface area contributed by atoms with Crippen LogP contribution in [0.4, 0.5) is 10.6 Å². The zero-order valence-electron chi connectivity index (χ0n) is 21.5. The van der Waals surface area contributed by atoms with E-state index >= 15 is 0 Å². The zero-order chi connectivity index (χ0) is 26.3. The van der Waals surface area contributed by atoms with E-state index in [1.54, 1.807) is 35.9 Å². The molecule has 3 heterocycles. The predicted molar refractivity (Wildman–Crippen MR) is 140 cm³/mol. The molecule has 5 N–H and O–H groups in total. The number of likely N-dealkylation sites (tertiary alicyclic amines) is 1. The summed E-state index contributed by atoms with van der Waals surface area (Å²) >= 11 is 0. The summed E-state index contributed by atoms with van der Waals surface area (Å²) in [6, 6.07) is 9.55. The Balaban J connectivity index is 1.16. The molecule has 3 atom stereocenters. The Morgan fingerprint density at radius 3 is 2.41 bits per heavy atom. The molecule has 11 heteroatoms. The molecular formula is C26H36N8O3. The van der Waals surface area contributed by atoms with Crippen molar-refractivity contribution >= 4 is 17.8 Å². The number of piperazine rings is 1. The number of amides is 3. The summed E-state index contributed by atoms with van der Waals surface area (Å²) < 4.78 is 1.47. The van der Waals surface area contributed by atoms with Crippen LogP contribution in [-0.2, 0) is 11.2 Å². The van der Waals surface area contributed by atoms with Crippen LogP contribution in [0.25, 0.3) is 5.69 Å². The number of urea groups is 1. The molecule has 1 aliphatic carbocycles. The molecule has 1 unspecified atom stereocenters. The van der Waals surface area contributed by atoms with Crippen LogP contribution in [0.3, 0.4) is 0 Å². The molecule has 1 aromatic heterocycles. The lowest BCUT2D eigenvalue weighted by Crippen LogP contribution is -2.58. The van der Waals surface area contributed by atoms with Gasteiger partial charge in [-0.2, -0.15) is 4.98 Å². The van der Waals surface area contributed by atoms with Crippen LogP contribution in [-0.4, -0.2) is 93.6 Å². The van der Waals surface area contributed by atoms with Crippen molar-refractivity contribution in [3.8, 4) is 5.69 Å². The molecule has 3 amide bonds. The summed E-state index contributed by atoms with van der Waals surface area (Å²) in [4.78, 5) is 47.6. The van der Waals surface area contributed by atoms with Crippen LogP contribution in [0.5, 0.6) is 0 Å². The van der Waals surface area contributed by atoms with Crippen LogP contribution in [0.1, 0.15) is 19.4 Å². The molecule has 11 nitrogen and oxygen atoms in total. The van der Waals surface area contributed by atoms with E-state index in [4.69, 9.17) is 11.5 Å². The van der Waals surface area contributed by atoms with Crippen molar-refractivity contribution in [3.63, 3.8) is 0 Å². The highest BCUT2D eigenvalue weighted by Gasteiger charge is 2.53. The first kappa shape index (κ1) is 25.4. The number of nitrogens with one attached hydrogen (secondary N) is 1. The number of anilines is 1. The van der Waals surface area contributed by atoms with Gasteiger partial charge in [0.2, 0.25) is 5.91 Å². The van der Waals surface area contributed by atoms with Gasteiger partial charge in [-0.3, -0.25) is 14.7 Å². The number of fused-ring (bicyclic) bond motifs is 1. The maximum atomic E-state index is 12.8. The number of aromatic nitrogens is 2. The summed E-state index contributed by atoms with van der Waals surface area (Å²) in [5.74, 6) is 1.40. The first-order chi connectivity index (χ1) is 17.6. The van der Waals surface area contributed by atoms with Gasteiger partial charge in [0.15, 0.2) is 0 Å². The molecular weight excluding hydrogens is 472 g/mol. The molecule has 5 rings (SSSR count). The van der Waals surface area contributed by atoms with Crippen molar-refractivity contribution in [2.24, 2.45) is 23.3 Å². The second-order valence-electron chi connectivity index (χ2n) is 11.0. The molecule has 3 fully saturated rings. The Morgan fingerprint density at radius 1 is 1.08 bits per heavy atom. The minimum atomic E-state index is -0.944. The molecule has 0 radical (unpaired) electrons. The Labute approximate surface area is 216 Å². The fraction of sp³-hybridized carbons (Fsp3) is 0.538. The lowest BCUT2D eigenvalue weighted by atomic mass is 10.1. The van der Waals surface area contributed by atoms with E-state index in [0.29, 0.717) is 44.1 Å². The van der Waals surface area contributed by atoms with Gasteiger partial charge in [-0.05, 0) is 55.9 Å². The molecule has 1 saturated carbocycles. The van der Waals surface area contributed by atoms with Gasteiger partial charge in [0.25, 0.3) is 0 Å². The Hall–Kier alpha value is -3.28. The second kappa shape index (κ2) is 9.88. The summed E-state index contributed by atoms with van der Waals surface area (Å²) in [6.45, 7) is 8.07. The van der Waals surface area contributed by atoms with Gasteiger partial charge < -0.3 is 26.2 Å². The topological polar surface area (TPSA) is 143 Å². The molecule has 3 aliphatic rings. The van der Waals surface area contributed by atoms with Crippen LogP contribution in [0.15, 0.2) is 41.3 Å². The third kappa shape index (κ3) is 5.53. The lowest BCUT2D eigenvalue weighted by Gasteiger charge is -2.37. The van der Waals surface area contributed by atoms with E-state index in [1.165, 1.54) is 4.57 Å². The molecule has 1 aromatic carbocycles. The Morgan fingerprint density at radius 2 is 1.76 bits per heavy atom. The fourth-order valence-corrected chi connectivity index (χ4v) is 5.37. The second-order valence-corrected chi connectivity index (χ2v) is 11.0. The number of hydrogen-bond donors (Lipinski definition) is 3. The Bertz CT molecular complexity index is 1220. The van der Waals surface area contributed by atoms with Gasteiger partial charge in [0.05, 0.1) is 11.2 Å². The van der Waals surface area contributed by atoms with Crippen molar-refractivity contribution in [2.75, 3.05) is 51.1 Å². The van der Waals surface area contributed by atoms with Crippen LogP contribution >= 0.6 is 0 Å². The van der Waals surface area contributed by atoms with Crippen molar-refractivity contribution in [1.29, 1.82) is 0 Å². The number of carbonyl (C=O) groups excluding carboxylic acids is 2. The number of benzene rings is 1. The minimum absolute atomic E-state index is 0.140. The number of nitrogens with two attached hydrogens (primary N) is 2. The molecule has 2 saturated heterocycles. The van der Waals surface area contributed by atoms with Gasteiger partial charge in [-0.25, -0.2) is 9.59 Å². The minimum Gasteiger partial charge on any atom is -0.338 e. The smallest absolute Gasteiger partial charge is 0.338 e. The van der Waals surface area contributed by atoms with Crippen LogP contribution in [0, 0.1) is 11.8 Å². The predicted octanol–water partition coefficient (Wildman–Crippen LogP) is 0.0773. The maximum absolute atomic E-state index is 12.8. The van der Waals surface area contributed by atoms with Crippen molar-refractivity contribution in [3.05, 3.63) is 52.6 Å². The summed E-state index contributed by atoms with van der Waals surface area (Å²) in [6.07, 6.45) is 2.53. The van der Waals surface area contributed by atoms with Gasteiger partial charge in [0.1, 0.15) is 5.82 Å². The van der Waals surface area contributed by atoms with Crippen molar-refractivity contribution in [2.45, 2.75) is 31.8 Å². The number of piperidine rings is 1. The van der Waals surface area contributed by atoms with Gasteiger partial charge >= 0.3 is 11.7 Å². The molecule has 0 bridgehead atoms. The molecule has 0 spiro atoms. The standard InChI is InChI=1S/C26H36N8O3/c1-26(2,28)23(35)32-10-12-33(13-11-32)24(36)29-21-7-9-34(25(37)30-21)18-5-3-4-17(14-18)6-8-31-15-19-20(16-31)22(19)27/h3-5,7,9,14,19-20,22H,6,8,10-13,15-16,27-28H2,1-2H3,(H,29,30,36,37)/t19-,20+,22?. The van der Waals surface area contributed by atoms with E-state index in [9.17, 15) is 14.4 Å². The van der Waals surface area contributed by atoms with Gasteiger partial charge in [-0.15, -0.1) is 0 Å². The monoisotopic (exact) mass is 508 g/mol. The normalized spacial score (nSPS) is 23.6. The van der Waals surface area contributed by atoms with E-state index in [0.717, 1.165) is 37.3 Å². The number of nitrogens with zero attached hydrogens (tertiary/aromatic N) is 5. The highest BCUT2D eigenvalue weighted by Crippen LogP contribution is 2.43. The number of carbonyl (C=O) groups is 2. The first-order valence-corrected chi connectivity index (χ1v) is 12.9. The van der Waals surface area contributed by atoms with Crippen molar-refractivity contribution < 1.29 is 9.59 Å². The molecule has 2 aliphatic heterocycles. The Kier molecular flexibility index (Phi) is 6.78. The lowest BCUT2D eigenvalue weighted by molar-refractivity contribution is -0.137. The van der Waals surface area contributed by atoms with E-state index in [-0.39, 0.29) is 17.8 Å². The van der Waals surface area contributed by atoms with Crippen LogP contribution < -0.4 is 22.5 Å². The largest absolute Gasteiger partial charge is 0.354 e. The zero-order valence-corrected chi connectivity index (χ0v) is 21.5.